The van der Waals surface area contributed by atoms with Gasteiger partial charge in [-0.3, -0.25) is 9.36 Å². The predicted octanol–water partition coefficient (Wildman–Crippen LogP) is 1.83. The minimum atomic E-state index is -0.562. The monoisotopic (exact) mass is 393 g/mol. The second-order valence-corrected chi connectivity index (χ2v) is 7.53. The Morgan fingerprint density at radius 2 is 1.90 bits per heavy atom. The van der Waals surface area contributed by atoms with Crippen LogP contribution in [0.25, 0.3) is 11.0 Å². The highest BCUT2D eigenvalue weighted by Gasteiger charge is 2.23. The summed E-state index contributed by atoms with van der Waals surface area (Å²) in [7, 11) is -0.562. The molecule has 2 aromatic heterocycles. The van der Waals surface area contributed by atoms with E-state index in [1.54, 1.807) is 29.7 Å². The third-order valence-electron chi connectivity index (χ3n) is 4.82. The Morgan fingerprint density at radius 3 is 2.59 bits per heavy atom. The third kappa shape index (κ3) is 5.29. The molecule has 0 saturated heterocycles. The number of fused-ring (bicyclic) bond motifs is 1. The van der Waals surface area contributed by atoms with E-state index in [1.807, 2.05) is 30.3 Å². The zero-order valence-electron chi connectivity index (χ0n) is 17.2. The number of hydrogen-bond donors (Lipinski definition) is 3. The lowest BCUT2D eigenvalue weighted by Gasteiger charge is -2.25. The van der Waals surface area contributed by atoms with Crippen molar-refractivity contribution in [3.8, 4) is 0 Å². The molecule has 0 bridgehead atoms. The lowest BCUT2D eigenvalue weighted by Crippen LogP contribution is -2.40. The van der Waals surface area contributed by atoms with Crippen LogP contribution >= 0.6 is 0 Å². The van der Waals surface area contributed by atoms with Crippen LogP contribution in [0, 0.1) is 5.92 Å². The average Bonchev–Trinajstić information content (AvgIpc) is 2.70. The molecule has 0 saturated carbocycles. The molecule has 3 aromatic rings. The minimum Gasteiger partial charge on any atom is -0.437 e. The molecule has 0 amide bonds. The smallest absolute Gasteiger partial charge is 0.373 e. The Balaban J connectivity index is 2.02. The SMILES string of the molecule is CB(O)NCCNC(c1nc2ncccc2c(=O)n1Cc1ccccc1)C(C)C. The molecule has 0 radical (unpaired) electrons. The fraction of sp³-hybridized carbons (Fsp3) is 0.381. The lowest BCUT2D eigenvalue weighted by molar-refractivity contribution is 0.379. The van der Waals surface area contributed by atoms with Crippen molar-refractivity contribution in [2.75, 3.05) is 13.1 Å². The molecule has 3 rings (SSSR count). The van der Waals surface area contributed by atoms with Crippen molar-refractivity contribution in [2.45, 2.75) is 33.3 Å². The van der Waals surface area contributed by atoms with Gasteiger partial charge in [0.15, 0.2) is 5.65 Å². The molecule has 0 aliphatic rings. The quantitative estimate of drug-likeness (QED) is 0.380. The maximum absolute atomic E-state index is 13.3. The van der Waals surface area contributed by atoms with Crippen LogP contribution in [-0.2, 0) is 6.54 Å². The number of aromatic nitrogens is 3. The van der Waals surface area contributed by atoms with Gasteiger partial charge in [-0.2, -0.15) is 0 Å². The lowest BCUT2D eigenvalue weighted by atomic mass is 9.89. The summed E-state index contributed by atoms with van der Waals surface area (Å²) in [5.74, 6) is 0.883. The molecule has 3 N–H and O–H groups in total. The van der Waals surface area contributed by atoms with Crippen molar-refractivity contribution in [2.24, 2.45) is 5.92 Å². The Labute approximate surface area is 171 Å². The van der Waals surface area contributed by atoms with Crippen LogP contribution in [0.2, 0.25) is 6.82 Å². The van der Waals surface area contributed by atoms with Crippen molar-refractivity contribution in [1.29, 1.82) is 0 Å². The molecule has 0 fully saturated rings. The van der Waals surface area contributed by atoms with Gasteiger partial charge < -0.3 is 15.6 Å². The number of nitrogens with one attached hydrogen (secondary N) is 2. The molecule has 0 aliphatic carbocycles. The molecule has 29 heavy (non-hydrogen) atoms. The first-order valence-electron chi connectivity index (χ1n) is 10.0. The van der Waals surface area contributed by atoms with E-state index < -0.39 is 7.05 Å². The third-order valence-corrected chi connectivity index (χ3v) is 4.82. The largest absolute Gasteiger partial charge is 0.437 e. The Bertz CT molecular complexity index is 991. The van der Waals surface area contributed by atoms with Crippen molar-refractivity contribution in [3.63, 3.8) is 0 Å². The highest BCUT2D eigenvalue weighted by atomic mass is 16.2. The topological polar surface area (TPSA) is 92.1 Å². The summed E-state index contributed by atoms with van der Waals surface area (Å²) >= 11 is 0. The van der Waals surface area contributed by atoms with E-state index >= 15 is 0 Å². The Hall–Kier alpha value is -2.55. The average molecular weight is 393 g/mol. The maximum atomic E-state index is 13.3. The maximum Gasteiger partial charge on any atom is 0.373 e. The summed E-state index contributed by atoms with van der Waals surface area (Å²) in [6.07, 6.45) is 1.66. The second-order valence-electron chi connectivity index (χ2n) is 7.53. The molecule has 152 valence electrons. The molecule has 1 unspecified atom stereocenters. The first kappa shape index (κ1) is 21.2. The van der Waals surface area contributed by atoms with Crippen molar-refractivity contribution < 1.29 is 5.02 Å². The zero-order chi connectivity index (χ0) is 20.8. The van der Waals surface area contributed by atoms with Crippen molar-refractivity contribution in [1.82, 2.24) is 25.1 Å². The fourth-order valence-corrected chi connectivity index (χ4v) is 3.36. The number of rotatable bonds is 9. The van der Waals surface area contributed by atoms with Gasteiger partial charge in [0.1, 0.15) is 5.82 Å². The van der Waals surface area contributed by atoms with Crippen LogP contribution in [0.4, 0.5) is 0 Å². The van der Waals surface area contributed by atoms with Crippen LogP contribution in [0.5, 0.6) is 0 Å². The van der Waals surface area contributed by atoms with Gasteiger partial charge in [-0.05, 0) is 37.0 Å². The summed E-state index contributed by atoms with van der Waals surface area (Å²) in [6.45, 7) is 7.57. The number of hydrogen-bond acceptors (Lipinski definition) is 6. The summed E-state index contributed by atoms with van der Waals surface area (Å²) < 4.78 is 1.75. The van der Waals surface area contributed by atoms with E-state index in [1.165, 1.54) is 0 Å². The van der Waals surface area contributed by atoms with Crippen LogP contribution in [0.3, 0.4) is 0 Å². The summed E-state index contributed by atoms with van der Waals surface area (Å²) in [6, 6.07) is 13.3. The molecule has 2 heterocycles. The summed E-state index contributed by atoms with van der Waals surface area (Å²) in [5, 5.41) is 16.4. The van der Waals surface area contributed by atoms with Gasteiger partial charge in [-0.25, -0.2) is 9.97 Å². The van der Waals surface area contributed by atoms with Crippen LogP contribution in [0.1, 0.15) is 31.3 Å². The molecule has 0 aliphatic heterocycles. The van der Waals surface area contributed by atoms with Crippen molar-refractivity contribution in [3.05, 3.63) is 70.4 Å². The standard InChI is InChI=1S/C21H28BN5O2/c1-15(2)18(23-12-13-25-22(3)29)20-26-19-17(10-7-11-24-19)21(28)27(20)14-16-8-5-4-6-9-16/h4-11,15,18,23,25,29H,12-14H2,1-3H3. The second kappa shape index (κ2) is 9.78. The molecular weight excluding hydrogens is 365 g/mol. The van der Waals surface area contributed by atoms with Gasteiger partial charge in [-0.15, -0.1) is 0 Å². The summed E-state index contributed by atoms with van der Waals surface area (Å²) in [4.78, 5) is 22.4. The van der Waals surface area contributed by atoms with E-state index in [2.05, 4.69) is 29.4 Å². The predicted molar refractivity (Wildman–Crippen MR) is 117 cm³/mol. The number of benzene rings is 1. The Kier molecular flexibility index (Phi) is 7.14. The minimum absolute atomic E-state index is 0.0866. The molecule has 7 nitrogen and oxygen atoms in total. The van der Waals surface area contributed by atoms with Gasteiger partial charge >= 0.3 is 7.05 Å². The Morgan fingerprint density at radius 1 is 1.14 bits per heavy atom. The van der Waals surface area contributed by atoms with E-state index in [4.69, 9.17) is 4.98 Å². The molecule has 8 heteroatoms. The molecule has 1 aromatic carbocycles. The van der Waals surface area contributed by atoms with Gasteiger partial charge in [0, 0.05) is 12.7 Å². The number of nitrogens with zero attached hydrogens (tertiary/aromatic N) is 3. The van der Waals surface area contributed by atoms with Crippen LogP contribution in [0.15, 0.2) is 53.5 Å². The molecule has 0 spiro atoms. The first-order valence-corrected chi connectivity index (χ1v) is 10.0. The van der Waals surface area contributed by atoms with Crippen molar-refractivity contribution >= 4 is 18.1 Å². The highest BCUT2D eigenvalue weighted by Crippen LogP contribution is 2.21. The fourth-order valence-electron chi connectivity index (χ4n) is 3.36. The van der Waals surface area contributed by atoms with E-state index in [9.17, 15) is 9.82 Å². The molecule has 1 atom stereocenters. The van der Waals surface area contributed by atoms with E-state index in [0.717, 1.165) is 5.56 Å². The summed E-state index contributed by atoms with van der Waals surface area (Å²) in [5.41, 5.74) is 1.42. The normalized spacial score (nSPS) is 12.4. The molecular formula is C21H28BN5O2. The highest BCUT2D eigenvalue weighted by molar-refractivity contribution is 6.45. The van der Waals surface area contributed by atoms with Gasteiger partial charge in [-0.1, -0.05) is 44.2 Å². The van der Waals surface area contributed by atoms with Crippen LogP contribution < -0.4 is 16.1 Å². The van der Waals surface area contributed by atoms with E-state index in [-0.39, 0.29) is 17.5 Å². The van der Waals surface area contributed by atoms with E-state index in [0.29, 0.717) is 36.5 Å². The number of pyridine rings is 1. The van der Waals surface area contributed by atoms with Gasteiger partial charge in [0.2, 0.25) is 0 Å². The zero-order valence-corrected chi connectivity index (χ0v) is 17.2. The van der Waals surface area contributed by atoms with Gasteiger partial charge in [0.05, 0.1) is 18.0 Å². The van der Waals surface area contributed by atoms with Crippen LogP contribution in [-0.4, -0.2) is 39.7 Å². The first-order chi connectivity index (χ1) is 14.0. The van der Waals surface area contributed by atoms with Gasteiger partial charge in [0.25, 0.3) is 5.56 Å².